The molecule has 3 nitrogen and oxygen atoms in total. The van der Waals surface area contributed by atoms with E-state index in [1.165, 1.54) is 0 Å². The second-order valence-corrected chi connectivity index (χ2v) is 7.32. The monoisotopic (exact) mass is 259 g/mol. The van der Waals surface area contributed by atoms with Crippen LogP contribution in [0.2, 0.25) is 0 Å². The molecular weight excluding hydrogens is 241 g/mol. The van der Waals surface area contributed by atoms with Gasteiger partial charge in [0.1, 0.15) is 6.67 Å². The number of alkyl halides is 1. The molecule has 5 heteroatoms. The number of halogens is 1. The van der Waals surface area contributed by atoms with E-state index < -0.39 is 27.5 Å². The maximum absolute atomic E-state index is 12.9. The molecule has 1 aromatic rings. The van der Waals surface area contributed by atoms with E-state index in [4.69, 9.17) is 0 Å². The second-order valence-electron chi connectivity index (χ2n) is 4.85. The molecule has 0 saturated heterocycles. The van der Waals surface area contributed by atoms with Crippen LogP contribution >= 0.6 is 0 Å². The number of rotatable bonds is 4. The predicted octanol–water partition coefficient (Wildman–Crippen LogP) is 2.42. The molecule has 0 aliphatic rings. The Kier molecular flexibility index (Phi) is 4.27. The lowest BCUT2D eigenvalue weighted by Gasteiger charge is -2.24. The lowest BCUT2D eigenvalue weighted by atomic mass is 10.1. The summed E-state index contributed by atoms with van der Waals surface area (Å²) in [6.07, 6.45) is 0. The van der Waals surface area contributed by atoms with Gasteiger partial charge in [0.2, 0.25) is 10.0 Å². The fourth-order valence-corrected chi connectivity index (χ4v) is 2.17. The van der Waals surface area contributed by atoms with Crippen LogP contribution in [0.3, 0.4) is 0 Å². The zero-order valence-corrected chi connectivity index (χ0v) is 11.1. The first-order valence-corrected chi connectivity index (χ1v) is 6.89. The number of sulfonamides is 1. The summed E-state index contributed by atoms with van der Waals surface area (Å²) in [5.74, 6) is 0. The lowest BCUT2D eigenvalue weighted by molar-refractivity contribution is 0.410. The van der Waals surface area contributed by atoms with Crippen molar-refractivity contribution in [2.75, 3.05) is 6.67 Å². The third-order valence-electron chi connectivity index (χ3n) is 2.46. The van der Waals surface area contributed by atoms with Gasteiger partial charge in [0.25, 0.3) is 0 Å². The fourth-order valence-electron chi connectivity index (χ4n) is 1.24. The first kappa shape index (κ1) is 14.1. The van der Waals surface area contributed by atoms with Crippen molar-refractivity contribution in [2.45, 2.75) is 31.6 Å². The van der Waals surface area contributed by atoms with Gasteiger partial charge >= 0.3 is 0 Å². The van der Waals surface area contributed by atoms with E-state index in [-0.39, 0.29) is 0 Å². The molecule has 0 spiro atoms. The van der Waals surface area contributed by atoms with Gasteiger partial charge < -0.3 is 0 Å². The van der Waals surface area contributed by atoms with Gasteiger partial charge in [-0.3, -0.25) is 0 Å². The first-order chi connectivity index (χ1) is 7.78. The summed E-state index contributed by atoms with van der Waals surface area (Å²) in [5.41, 5.74) is 0.628. The summed E-state index contributed by atoms with van der Waals surface area (Å²) in [5, 5.41) is 0. The molecule has 0 bridgehead atoms. The number of hydrogen-bond acceptors (Lipinski definition) is 2. The summed E-state index contributed by atoms with van der Waals surface area (Å²) in [7, 11) is -3.55. The Bertz CT molecular complexity index is 451. The highest BCUT2D eigenvalue weighted by molar-refractivity contribution is 7.90. The Labute approximate surface area is 102 Å². The molecule has 1 atom stereocenters. The van der Waals surface area contributed by atoms with Crippen molar-refractivity contribution in [1.82, 2.24) is 4.72 Å². The van der Waals surface area contributed by atoms with Crippen LogP contribution in [-0.4, -0.2) is 19.8 Å². The predicted molar refractivity (Wildman–Crippen MR) is 67.0 cm³/mol. The van der Waals surface area contributed by atoms with Crippen LogP contribution in [0.4, 0.5) is 4.39 Å². The van der Waals surface area contributed by atoms with Gasteiger partial charge in [-0.15, -0.1) is 0 Å². The SMILES string of the molecule is CC(C)(C)S(=O)(=O)NC(CF)c1ccccc1. The Morgan fingerprint density at radius 1 is 1.24 bits per heavy atom. The topological polar surface area (TPSA) is 46.2 Å². The molecule has 1 N–H and O–H groups in total. The van der Waals surface area contributed by atoms with Gasteiger partial charge in [0.05, 0.1) is 10.8 Å². The van der Waals surface area contributed by atoms with E-state index in [0.717, 1.165) is 0 Å². The molecule has 1 aromatic carbocycles. The molecule has 0 saturated carbocycles. The average Bonchev–Trinajstić information content (AvgIpc) is 2.25. The van der Waals surface area contributed by atoms with Gasteiger partial charge in [-0.05, 0) is 26.3 Å². The standard InChI is InChI=1S/C12H18FNO2S/c1-12(2,3)17(15,16)14-11(9-13)10-7-5-4-6-8-10/h4-8,11,14H,9H2,1-3H3. The molecule has 17 heavy (non-hydrogen) atoms. The summed E-state index contributed by atoms with van der Waals surface area (Å²) in [6.45, 7) is 3.97. The van der Waals surface area contributed by atoms with Crippen LogP contribution in [0.25, 0.3) is 0 Å². The van der Waals surface area contributed by atoms with Crippen molar-refractivity contribution in [1.29, 1.82) is 0 Å². The van der Waals surface area contributed by atoms with E-state index in [1.807, 2.05) is 0 Å². The van der Waals surface area contributed by atoms with E-state index >= 15 is 0 Å². The molecule has 0 aromatic heterocycles. The van der Waals surface area contributed by atoms with Crippen LogP contribution in [0, 0.1) is 0 Å². The lowest BCUT2D eigenvalue weighted by Crippen LogP contribution is -2.41. The van der Waals surface area contributed by atoms with Crippen LogP contribution in [0.15, 0.2) is 30.3 Å². The van der Waals surface area contributed by atoms with Crippen LogP contribution in [0.5, 0.6) is 0 Å². The minimum Gasteiger partial charge on any atom is -0.249 e. The third kappa shape index (κ3) is 3.51. The molecular formula is C12H18FNO2S. The third-order valence-corrected chi connectivity index (χ3v) is 4.67. The number of hydrogen-bond donors (Lipinski definition) is 1. The summed E-state index contributed by atoms with van der Waals surface area (Å²) >= 11 is 0. The van der Waals surface area contributed by atoms with Gasteiger partial charge in [0, 0.05) is 0 Å². The summed E-state index contributed by atoms with van der Waals surface area (Å²) in [4.78, 5) is 0. The van der Waals surface area contributed by atoms with Crippen LogP contribution < -0.4 is 4.72 Å². The Hall–Kier alpha value is -0.940. The molecule has 1 rings (SSSR count). The zero-order valence-electron chi connectivity index (χ0n) is 10.3. The van der Waals surface area contributed by atoms with Crippen molar-refractivity contribution >= 4 is 10.0 Å². The fraction of sp³-hybridized carbons (Fsp3) is 0.500. The summed E-state index contributed by atoms with van der Waals surface area (Å²) < 4.78 is 38.2. The Balaban J connectivity index is 2.94. The quantitative estimate of drug-likeness (QED) is 0.902. The molecule has 96 valence electrons. The van der Waals surface area contributed by atoms with E-state index in [0.29, 0.717) is 5.56 Å². The number of benzene rings is 1. The highest BCUT2D eigenvalue weighted by Crippen LogP contribution is 2.20. The van der Waals surface area contributed by atoms with Crippen molar-refractivity contribution in [3.05, 3.63) is 35.9 Å². The van der Waals surface area contributed by atoms with E-state index in [9.17, 15) is 12.8 Å². The average molecular weight is 259 g/mol. The molecule has 0 amide bonds. The van der Waals surface area contributed by atoms with Crippen LogP contribution in [-0.2, 0) is 10.0 Å². The van der Waals surface area contributed by atoms with Gasteiger partial charge in [0.15, 0.2) is 0 Å². The normalized spacial score (nSPS) is 14.6. The smallest absolute Gasteiger partial charge is 0.217 e. The number of nitrogens with one attached hydrogen (secondary N) is 1. The maximum Gasteiger partial charge on any atom is 0.217 e. The highest BCUT2D eigenvalue weighted by atomic mass is 32.2. The van der Waals surface area contributed by atoms with E-state index in [2.05, 4.69) is 4.72 Å². The minimum absolute atomic E-state index is 0.628. The van der Waals surface area contributed by atoms with Gasteiger partial charge in [-0.2, -0.15) is 0 Å². The van der Waals surface area contributed by atoms with Crippen molar-refractivity contribution in [3.8, 4) is 0 Å². The Morgan fingerprint density at radius 3 is 2.18 bits per heavy atom. The van der Waals surface area contributed by atoms with Crippen molar-refractivity contribution in [2.24, 2.45) is 0 Å². The largest absolute Gasteiger partial charge is 0.249 e. The zero-order chi connectivity index (χ0) is 13.1. The molecule has 0 radical (unpaired) electrons. The summed E-state index contributed by atoms with van der Waals surface area (Å²) in [6, 6.07) is 7.90. The molecule has 0 aliphatic carbocycles. The molecule has 1 unspecified atom stereocenters. The molecule has 0 fully saturated rings. The van der Waals surface area contributed by atoms with Gasteiger partial charge in [-0.25, -0.2) is 17.5 Å². The maximum atomic E-state index is 12.9. The van der Waals surface area contributed by atoms with Crippen molar-refractivity contribution < 1.29 is 12.8 Å². The van der Waals surface area contributed by atoms with Crippen molar-refractivity contribution in [3.63, 3.8) is 0 Å². The molecule has 0 aliphatic heterocycles. The first-order valence-electron chi connectivity index (χ1n) is 5.41. The Morgan fingerprint density at radius 2 is 1.76 bits per heavy atom. The minimum atomic E-state index is -3.55. The van der Waals surface area contributed by atoms with Gasteiger partial charge in [-0.1, -0.05) is 30.3 Å². The highest BCUT2D eigenvalue weighted by Gasteiger charge is 2.31. The van der Waals surface area contributed by atoms with E-state index in [1.54, 1.807) is 51.1 Å². The second kappa shape index (κ2) is 5.14. The molecule has 0 heterocycles. The van der Waals surface area contributed by atoms with Crippen LogP contribution in [0.1, 0.15) is 32.4 Å².